The third-order valence-corrected chi connectivity index (χ3v) is 5.37. The SMILES string of the molecule is CCNC(=NCc1csc(CCc2ccccc2)n1)NCc1cc(C(C)C)no1. The van der Waals surface area contributed by atoms with E-state index in [0.29, 0.717) is 19.0 Å². The summed E-state index contributed by atoms with van der Waals surface area (Å²) in [7, 11) is 0. The zero-order valence-corrected chi connectivity index (χ0v) is 18.1. The van der Waals surface area contributed by atoms with Crippen LogP contribution in [0, 0.1) is 0 Å². The topological polar surface area (TPSA) is 75.3 Å². The number of nitrogens with one attached hydrogen (secondary N) is 2. The number of benzene rings is 1. The first-order valence-electron chi connectivity index (χ1n) is 10.1. The van der Waals surface area contributed by atoms with Gasteiger partial charge in [0.05, 0.1) is 29.5 Å². The molecule has 0 aliphatic heterocycles. The van der Waals surface area contributed by atoms with Gasteiger partial charge in [-0.05, 0) is 24.8 Å². The highest BCUT2D eigenvalue weighted by Gasteiger charge is 2.08. The highest BCUT2D eigenvalue weighted by atomic mass is 32.1. The van der Waals surface area contributed by atoms with Crippen LogP contribution in [0.2, 0.25) is 0 Å². The van der Waals surface area contributed by atoms with Crippen LogP contribution < -0.4 is 10.6 Å². The fourth-order valence-electron chi connectivity index (χ4n) is 2.79. The Balaban J connectivity index is 1.52. The van der Waals surface area contributed by atoms with Crippen molar-refractivity contribution in [2.45, 2.75) is 52.6 Å². The van der Waals surface area contributed by atoms with Crippen molar-refractivity contribution in [3.05, 3.63) is 69.5 Å². The number of thiazole rings is 1. The van der Waals surface area contributed by atoms with Gasteiger partial charge in [0.25, 0.3) is 0 Å². The molecule has 0 amide bonds. The van der Waals surface area contributed by atoms with Gasteiger partial charge in [0, 0.05) is 24.4 Å². The smallest absolute Gasteiger partial charge is 0.192 e. The maximum Gasteiger partial charge on any atom is 0.192 e. The molecule has 29 heavy (non-hydrogen) atoms. The van der Waals surface area contributed by atoms with Crippen molar-refractivity contribution in [3.8, 4) is 0 Å². The van der Waals surface area contributed by atoms with Crippen LogP contribution in [0.15, 0.2) is 51.3 Å². The molecule has 0 fully saturated rings. The first-order chi connectivity index (χ1) is 14.1. The van der Waals surface area contributed by atoms with Crippen LogP contribution in [0.25, 0.3) is 0 Å². The number of guanidine groups is 1. The summed E-state index contributed by atoms with van der Waals surface area (Å²) in [6.45, 7) is 8.13. The van der Waals surface area contributed by atoms with Crippen molar-refractivity contribution in [2.75, 3.05) is 6.54 Å². The summed E-state index contributed by atoms with van der Waals surface area (Å²) in [6, 6.07) is 12.5. The number of nitrogens with zero attached hydrogens (tertiary/aromatic N) is 3. The highest BCUT2D eigenvalue weighted by Crippen LogP contribution is 2.15. The minimum Gasteiger partial charge on any atom is -0.359 e. The molecule has 2 aromatic heterocycles. The van der Waals surface area contributed by atoms with Gasteiger partial charge in [-0.15, -0.1) is 11.3 Å². The Hall–Kier alpha value is -2.67. The molecule has 0 aliphatic rings. The molecular formula is C22H29N5OS. The molecule has 0 radical (unpaired) electrons. The van der Waals surface area contributed by atoms with Crippen LogP contribution in [-0.2, 0) is 25.9 Å². The van der Waals surface area contributed by atoms with E-state index < -0.39 is 0 Å². The Labute approximate surface area is 176 Å². The van der Waals surface area contributed by atoms with Gasteiger partial charge in [-0.1, -0.05) is 49.3 Å². The molecule has 0 bridgehead atoms. The van der Waals surface area contributed by atoms with Gasteiger partial charge in [0.1, 0.15) is 0 Å². The molecule has 0 unspecified atom stereocenters. The summed E-state index contributed by atoms with van der Waals surface area (Å²) in [5.74, 6) is 1.90. The third kappa shape index (κ3) is 6.71. The molecule has 0 spiro atoms. The first-order valence-corrected chi connectivity index (χ1v) is 11.0. The van der Waals surface area contributed by atoms with E-state index in [9.17, 15) is 0 Å². The maximum atomic E-state index is 5.38. The first kappa shape index (κ1) is 21.0. The summed E-state index contributed by atoms with van der Waals surface area (Å²) < 4.78 is 5.38. The monoisotopic (exact) mass is 411 g/mol. The summed E-state index contributed by atoms with van der Waals surface area (Å²) in [5, 5.41) is 13.9. The van der Waals surface area contributed by atoms with Crippen molar-refractivity contribution in [2.24, 2.45) is 4.99 Å². The Kier molecular flexibility index (Phi) is 7.81. The predicted molar refractivity (Wildman–Crippen MR) is 118 cm³/mol. The zero-order chi connectivity index (χ0) is 20.5. The van der Waals surface area contributed by atoms with Crippen molar-refractivity contribution >= 4 is 17.3 Å². The summed E-state index contributed by atoms with van der Waals surface area (Å²) in [6.07, 6.45) is 1.97. The summed E-state index contributed by atoms with van der Waals surface area (Å²) in [4.78, 5) is 9.37. The second-order valence-corrected chi connectivity index (χ2v) is 8.08. The lowest BCUT2D eigenvalue weighted by atomic mass is 10.1. The second kappa shape index (κ2) is 10.8. The normalized spacial score (nSPS) is 11.8. The molecule has 2 heterocycles. The molecule has 1 aromatic carbocycles. The van der Waals surface area contributed by atoms with Crippen molar-refractivity contribution in [1.29, 1.82) is 0 Å². The second-order valence-electron chi connectivity index (χ2n) is 7.14. The van der Waals surface area contributed by atoms with E-state index >= 15 is 0 Å². The number of aryl methyl sites for hydroxylation is 2. The molecule has 3 aromatic rings. The summed E-state index contributed by atoms with van der Waals surface area (Å²) >= 11 is 1.70. The fraction of sp³-hybridized carbons (Fsp3) is 0.409. The van der Waals surface area contributed by atoms with Crippen molar-refractivity contribution < 1.29 is 4.52 Å². The Bertz CT molecular complexity index is 901. The molecular weight excluding hydrogens is 382 g/mol. The van der Waals surface area contributed by atoms with Gasteiger partial charge in [0.2, 0.25) is 0 Å². The van der Waals surface area contributed by atoms with E-state index in [4.69, 9.17) is 9.51 Å². The molecule has 0 atom stereocenters. The minimum atomic E-state index is 0.357. The zero-order valence-electron chi connectivity index (χ0n) is 17.3. The Morgan fingerprint density at radius 2 is 2.00 bits per heavy atom. The van der Waals surface area contributed by atoms with Crippen LogP contribution in [0.1, 0.15) is 54.4 Å². The van der Waals surface area contributed by atoms with E-state index in [2.05, 4.69) is 64.3 Å². The Morgan fingerprint density at radius 1 is 1.17 bits per heavy atom. The lowest BCUT2D eigenvalue weighted by Gasteiger charge is -2.09. The van der Waals surface area contributed by atoms with E-state index in [-0.39, 0.29) is 0 Å². The van der Waals surface area contributed by atoms with Gasteiger partial charge in [-0.2, -0.15) is 0 Å². The van der Waals surface area contributed by atoms with Crippen molar-refractivity contribution in [1.82, 2.24) is 20.8 Å². The predicted octanol–water partition coefficient (Wildman–Crippen LogP) is 4.30. The lowest BCUT2D eigenvalue weighted by Crippen LogP contribution is -2.36. The average molecular weight is 412 g/mol. The van der Waals surface area contributed by atoms with Gasteiger partial charge >= 0.3 is 0 Å². The van der Waals surface area contributed by atoms with Gasteiger partial charge in [-0.25, -0.2) is 9.98 Å². The fourth-order valence-corrected chi connectivity index (χ4v) is 3.58. The molecule has 0 saturated carbocycles. The van der Waals surface area contributed by atoms with Gasteiger partial charge in [-0.3, -0.25) is 0 Å². The van der Waals surface area contributed by atoms with Crippen LogP contribution in [0.4, 0.5) is 0 Å². The molecule has 154 valence electrons. The molecule has 2 N–H and O–H groups in total. The number of hydrogen-bond donors (Lipinski definition) is 2. The highest BCUT2D eigenvalue weighted by molar-refractivity contribution is 7.09. The van der Waals surface area contributed by atoms with E-state index in [0.717, 1.165) is 47.5 Å². The van der Waals surface area contributed by atoms with Crippen LogP contribution in [0.5, 0.6) is 0 Å². The van der Waals surface area contributed by atoms with Gasteiger partial charge in [0.15, 0.2) is 11.7 Å². The number of aromatic nitrogens is 2. The van der Waals surface area contributed by atoms with E-state index in [1.165, 1.54) is 5.56 Å². The third-order valence-electron chi connectivity index (χ3n) is 4.41. The minimum absolute atomic E-state index is 0.357. The summed E-state index contributed by atoms with van der Waals surface area (Å²) in [5.41, 5.74) is 3.31. The molecule has 0 saturated heterocycles. The molecule has 0 aliphatic carbocycles. The van der Waals surface area contributed by atoms with Gasteiger partial charge < -0.3 is 15.2 Å². The molecule has 7 heteroatoms. The van der Waals surface area contributed by atoms with Crippen molar-refractivity contribution in [3.63, 3.8) is 0 Å². The molecule has 6 nitrogen and oxygen atoms in total. The van der Waals surface area contributed by atoms with Crippen LogP contribution in [-0.4, -0.2) is 22.6 Å². The average Bonchev–Trinajstić information content (AvgIpc) is 3.39. The van der Waals surface area contributed by atoms with E-state index in [1.807, 2.05) is 19.1 Å². The van der Waals surface area contributed by atoms with Crippen LogP contribution in [0.3, 0.4) is 0 Å². The standard InChI is InChI=1S/C22H29N5OS/c1-4-23-22(25-14-19-12-20(16(2)3)27-28-19)24-13-18-15-29-21(26-18)11-10-17-8-6-5-7-9-17/h5-9,12,15-16H,4,10-11,13-14H2,1-3H3,(H2,23,24,25). The number of rotatable bonds is 9. The van der Waals surface area contributed by atoms with Crippen LogP contribution >= 0.6 is 11.3 Å². The Morgan fingerprint density at radius 3 is 2.72 bits per heavy atom. The lowest BCUT2D eigenvalue weighted by molar-refractivity contribution is 0.372. The largest absolute Gasteiger partial charge is 0.359 e. The van der Waals surface area contributed by atoms with E-state index in [1.54, 1.807) is 11.3 Å². The number of hydrogen-bond acceptors (Lipinski definition) is 5. The quantitative estimate of drug-likeness (QED) is 0.406. The number of aliphatic imine (C=N–C) groups is 1. The maximum absolute atomic E-state index is 5.38. The molecule has 3 rings (SSSR count).